The van der Waals surface area contributed by atoms with E-state index in [1.807, 2.05) is 4.72 Å². The van der Waals surface area contributed by atoms with Gasteiger partial charge in [-0.3, -0.25) is 19.8 Å². The third kappa shape index (κ3) is 2.66. The van der Waals surface area contributed by atoms with E-state index in [1.54, 1.807) is 0 Å². The van der Waals surface area contributed by atoms with E-state index in [0.29, 0.717) is 0 Å². The van der Waals surface area contributed by atoms with E-state index in [2.05, 4.69) is 4.98 Å². The number of aromatic nitrogens is 1. The first kappa shape index (κ1) is 10.4. The molecular weight excluding hydrogens is 210 g/mol. The van der Waals surface area contributed by atoms with Gasteiger partial charge in [0.1, 0.15) is 11.9 Å². The van der Waals surface area contributed by atoms with Crippen molar-refractivity contribution >= 4 is 21.4 Å². The minimum Gasteiger partial charge on any atom is -0.277 e. The number of hydrogen-bond donors (Lipinski definition) is 1. The van der Waals surface area contributed by atoms with Crippen LogP contribution in [0.25, 0.3) is 0 Å². The smallest absolute Gasteiger partial charge is 0.277 e. The first-order valence-electron chi connectivity index (χ1n) is 3.46. The summed E-state index contributed by atoms with van der Waals surface area (Å²) in [4.78, 5) is 13.3. The van der Waals surface area contributed by atoms with E-state index in [1.165, 1.54) is 12.3 Å². The summed E-state index contributed by atoms with van der Waals surface area (Å²) >= 11 is 0. The van der Waals surface area contributed by atoms with Crippen LogP contribution in [0.3, 0.4) is 0 Å². The fraction of sp³-hybridized carbons (Fsp3) is 0.167. The third-order valence-corrected chi connectivity index (χ3v) is 1.88. The maximum absolute atomic E-state index is 10.8. The standard InChI is InChI=1S/C6H7N3O4S/c1-14(12,13)8-5-2-3-7-4-6(5)9(10)11/h2-4H,1H3,(H,7,8). The lowest BCUT2D eigenvalue weighted by Gasteiger charge is -2.02. The SMILES string of the molecule is CS(=O)(=O)Nc1ccncc1[N+](=O)[O-]. The molecule has 7 nitrogen and oxygen atoms in total. The van der Waals surface area contributed by atoms with E-state index >= 15 is 0 Å². The third-order valence-electron chi connectivity index (χ3n) is 1.29. The van der Waals surface area contributed by atoms with E-state index in [4.69, 9.17) is 0 Å². The number of rotatable bonds is 3. The molecule has 0 radical (unpaired) electrons. The van der Waals surface area contributed by atoms with Gasteiger partial charge in [-0.15, -0.1) is 0 Å². The van der Waals surface area contributed by atoms with Crippen molar-refractivity contribution in [1.82, 2.24) is 4.98 Å². The Morgan fingerprint density at radius 3 is 2.71 bits per heavy atom. The average molecular weight is 217 g/mol. The maximum Gasteiger partial charge on any atom is 0.311 e. The fourth-order valence-electron chi connectivity index (χ4n) is 0.818. The Labute approximate surface area is 80.0 Å². The topological polar surface area (TPSA) is 102 Å². The van der Waals surface area contributed by atoms with Crippen LogP contribution in [0.15, 0.2) is 18.5 Å². The number of nitro groups is 1. The molecule has 76 valence electrons. The van der Waals surface area contributed by atoms with Gasteiger partial charge in [0.25, 0.3) is 0 Å². The van der Waals surface area contributed by atoms with Gasteiger partial charge >= 0.3 is 5.69 Å². The molecule has 0 bridgehead atoms. The molecule has 0 fully saturated rings. The van der Waals surface area contributed by atoms with Crippen LogP contribution in [0, 0.1) is 10.1 Å². The fourth-order valence-corrected chi connectivity index (χ4v) is 1.39. The Morgan fingerprint density at radius 2 is 2.21 bits per heavy atom. The van der Waals surface area contributed by atoms with Crippen LogP contribution in [0.1, 0.15) is 0 Å². The van der Waals surface area contributed by atoms with Gasteiger partial charge in [0.15, 0.2) is 0 Å². The van der Waals surface area contributed by atoms with Gasteiger partial charge < -0.3 is 0 Å². The molecule has 0 saturated heterocycles. The van der Waals surface area contributed by atoms with Crippen LogP contribution in [-0.2, 0) is 10.0 Å². The molecule has 0 aliphatic carbocycles. The molecule has 0 aromatic carbocycles. The zero-order valence-corrected chi connectivity index (χ0v) is 7.98. The minimum atomic E-state index is -3.52. The van der Waals surface area contributed by atoms with Gasteiger partial charge in [0, 0.05) is 6.20 Å². The Bertz CT molecular complexity index is 456. The number of anilines is 1. The highest BCUT2D eigenvalue weighted by molar-refractivity contribution is 7.92. The number of nitrogens with zero attached hydrogens (tertiary/aromatic N) is 2. The Balaban J connectivity index is 3.15. The zero-order valence-electron chi connectivity index (χ0n) is 7.17. The summed E-state index contributed by atoms with van der Waals surface area (Å²) in [6, 6.07) is 1.22. The summed E-state index contributed by atoms with van der Waals surface area (Å²) in [5.41, 5.74) is -0.467. The van der Waals surface area contributed by atoms with Crippen LogP contribution in [0.5, 0.6) is 0 Å². The van der Waals surface area contributed by atoms with Crippen molar-refractivity contribution in [1.29, 1.82) is 0 Å². The molecule has 1 N–H and O–H groups in total. The molecular formula is C6H7N3O4S. The number of nitrogens with one attached hydrogen (secondary N) is 1. The van der Waals surface area contributed by atoms with Crippen molar-refractivity contribution in [3.63, 3.8) is 0 Å². The summed E-state index contributed by atoms with van der Waals surface area (Å²) in [5, 5.41) is 10.4. The second-order valence-electron chi connectivity index (χ2n) is 2.52. The maximum atomic E-state index is 10.8. The molecule has 0 aliphatic rings. The van der Waals surface area contributed by atoms with Crippen molar-refractivity contribution in [3.8, 4) is 0 Å². The van der Waals surface area contributed by atoms with Crippen molar-refractivity contribution < 1.29 is 13.3 Å². The zero-order chi connectivity index (χ0) is 10.8. The number of hydrogen-bond acceptors (Lipinski definition) is 5. The molecule has 0 amide bonds. The minimum absolute atomic E-state index is 0.0903. The second kappa shape index (κ2) is 3.58. The summed E-state index contributed by atoms with van der Waals surface area (Å²) in [6.45, 7) is 0. The van der Waals surface area contributed by atoms with E-state index in [9.17, 15) is 18.5 Å². The molecule has 0 unspecified atom stereocenters. The highest BCUT2D eigenvalue weighted by atomic mass is 32.2. The monoisotopic (exact) mass is 217 g/mol. The molecule has 0 spiro atoms. The molecule has 8 heteroatoms. The molecule has 0 aliphatic heterocycles. The van der Waals surface area contributed by atoms with Gasteiger partial charge in [-0.1, -0.05) is 0 Å². The largest absolute Gasteiger partial charge is 0.311 e. The van der Waals surface area contributed by atoms with Gasteiger partial charge in [-0.2, -0.15) is 0 Å². The molecule has 0 atom stereocenters. The van der Waals surface area contributed by atoms with Crippen LogP contribution >= 0.6 is 0 Å². The lowest BCUT2D eigenvalue weighted by molar-refractivity contribution is -0.384. The first-order chi connectivity index (χ1) is 6.40. The van der Waals surface area contributed by atoms with E-state index in [-0.39, 0.29) is 11.4 Å². The van der Waals surface area contributed by atoms with Crippen molar-refractivity contribution in [2.45, 2.75) is 0 Å². The van der Waals surface area contributed by atoms with Crippen LogP contribution in [0.2, 0.25) is 0 Å². The van der Waals surface area contributed by atoms with E-state index < -0.39 is 14.9 Å². The molecule has 14 heavy (non-hydrogen) atoms. The van der Waals surface area contributed by atoms with Gasteiger partial charge in [-0.05, 0) is 6.07 Å². The highest BCUT2D eigenvalue weighted by Crippen LogP contribution is 2.22. The summed E-state index contributed by atoms with van der Waals surface area (Å²) < 4.78 is 23.7. The summed E-state index contributed by atoms with van der Waals surface area (Å²) in [5.74, 6) is 0. The summed E-state index contributed by atoms with van der Waals surface area (Å²) in [7, 11) is -3.52. The Hall–Kier alpha value is -1.70. The predicted octanol–water partition coefficient (Wildman–Crippen LogP) is 0.361. The lowest BCUT2D eigenvalue weighted by Crippen LogP contribution is -2.11. The quantitative estimate of drug-likeness (QED) is 0.581. The van der Waals surface area contributed by atoms with Crippen molar-refractivity contribution in [2.24, 2.45) is 0 Å². The highest BCUT2D eigenvalue weighted by Gasteiger charge is 2.15. The lowest BCUT2D eigenvalue weighted by atomic mass is 10.4. The van der Waals surface area contributed by atoms with E-state index in [0.717, 1.165) is 12.5 Å². The average Bonchev–Trinajstić information content (AvgIpc) is 2.01. The first-order valence-corrected chi connectivity index (χ1v) is 5.35. The predicted molar refractivity (Wildman–Crippen MR) is 49.4 cm³/mol. The molecule has 0 saturated carbocycles. The van der Waals surface area contributed by atoms with Gasteiger partial charge in [0.2, 0.25) is 10.0 Å². The van der Waals surface area contributed by atoms with Crippen LogP contribution < -0.4 is 4.72 Å². The van der Waals surface area contributed by atoms with Gasteiger partial charge in [-0.25, -0.2) is 8.42 Å². The van der Waals surface area contributed by atoms with Crippen molar-refractivity contribution in [3.05, 3.63) is 28.6 Å². The molecule has 1 heterocycles. The second-order valence-corrected chi connectivity index (χ2v) is 4.27. The Morgan fingerprint density at radius 1 is 1.57 bits per heavy atom. The molecule has 1 aromatic heterocycles. The normalized spacial score (nSPS) is 10.9. The number of pyridine rings is 1. The Kier molecular flexibility index (Phi) is 2.65. The molecule has 1 aromatic rings. The van der Waals surface area contributed by atoms with Crippen molar-refractivity contribution in [2.75, 3.05) is 11.0 Å². The van der Waals surface area contributed by atoms with Crippen LogP contribution in [0.4, 0.5) is 11.4 Å². The number of sulfonamides is 1. The van der Waals surface area contributed by atoms with Gasteiger partial charge in [0.05, 0.1) is 11.2 Å². The summed E-state index contributed by atoms with van der Waals surface area (Å²) in [6.07, 6.45) is 3.16. The molecule has 1 rings (SSSR count). The van der Waals surface area contributed by atoms with Crippen LogP contribution in [-0.4, -0.2) is 24.6 Å².